The van der Waals surface area contributed by atoms with Crippen LogP contribution in [0.2, 0.25) is 0 Å². The van der Waals surface area contributed by atoms with E-state index in [2.05, 4.69) is 64.5 Å². The maximum absolute atomic E-state index is 5.87. The zero-order valence-corrected chi connectivity index (χ0v) is 24.1. The zero-order chi connectivity index (χ0) is 24.0. The maximum Gasteiger partial charge on any atom is 0.0561 e. The molecule has 0 radical (unpaired) electrons. The van der Waals surface area contributed by atoms with E-state index in [-0.39, 0.29) is 0 Å². The van der Waals surface area contributed by atoms with Gasteiger partial charge in [0.25, 0.3) is 0 Å². The minimum atomic E-state index is 0.391. The second-order valence-electron chi connectivity index (χ2n) is 15.1. The number of hydrogen-bond acceptors (Lipinski definition) is 1. The van der Waals surface area contributed by atoms with Crippen LogP contribution in [0.5, 0.6) is 0 Å². The lowest BCUT2D eigenvalue weighted by Crippen LogP contribution is -2.66. The van der Waals surface area contributed by atoms with Gasteiger partial charge in [0, 0.05) is 9.47 Å². The highest BCUT2D eigenvalue weighted by Crippen LogP contribution is 2.77. The lowest BCUT2D eigenvalue weighted by Gasteiger charge is -2.73. The van der Waals surface area contributed by atoms with Crippen molar-refractivity contribution in [1.29, 1.82) is 0 Å². The topological polar surface area (TPSA) is 9.23 Å². The molecule has 0 spiro atoms. The Kier molecular flexibility index (Phi) is 5.87. The summed E-state index contributed by atoms with van der Waals surface area (Å²) in [5, 5.41) is 0. The van der Waals surface area contributed by atoms with Gasteiger partial charge in [0.15, 0.2) is 0 Å². The fraction of sp³-hybridized carbons (Fsp3) is 0.935. The van der Waals surface area contributed by atoms with E-state index in [0.29, 0.717) is 33.0 Å². The van der Waals surface area contributed by atoms with Crippen LogP contribution in [0.1, 0.15) is 113 Å². The number of rotatable bonds is 3. The fourth-order valence-electron chi connectivity index (χ4n) is 11.9. The normalized spacial score (nSPS) is 55.2. The molecule has 33 heavy (non-hydrogen) atoms. The summed E-state index contributed by atoms with van der Waals surface area (Å²) >= 11 is 0. The Balaban J connectivity index is 1.54. The molecular formula is C31H53OP. The highest BCUT2D eigenvalue weighted by atomic mass is 31.0. The standard InChI is InChI=1S/C31H53OP/c1-20(2)22-12-16-31(19-32-33)18-17-29(7)23(26(22)31)9-10-25-28(6)14-11-21(3)27(4,5)24(28)13-15-30(25,29)8/h21-26H,1,9-19,33H2,2-8H3/t21-,22-,23+,24-,25+,26+,28-,29+,30+,31+/m0/s1. The first-order chi connectivity index (χ1) is 15.4. The Bertz CT molecular complexity index is 803. The Hall–Kier alpha value is 0.130. The van der Waals surface area contributed by atoms with Crippen molar-refractivity contribution in [3.63, 3.8) is 0 Å². The van der Waals surface area contributed by atoms with E-state index in [1.165, 1.54) is 69.8 Å². The zero-order valence-electron chi connectivity index (χ0n) is 22.9. The summed E-state index contributed by atoms with van der Waals surface area (Å²) in [6.07, 6.45) is 14.2. The highest BCUT2D eigenvalue weighted by molar-refractivity contribution is 7.09. The predicted molar refractivity (Wildman–Crippen MR) is 144 cm³/mol. The first-order valence-corrected chi connectivity index (χ1v) is 14.8. The van der Waals surface area contributed by atoms with Crippen LogP contribution in [0.25, 0.3) is 0 Å². The molecule has 1 nitrogen and oxygen atoms in total. The van der Waals surface area contributed by atoms with E-state index in [0.717, 1.165) is 36.2 Å². The smallest absolute Gasteiger partial charge is 0.0561 e. The van der Waals surface area contributed by atoms with Gasteiger partial charge in [-0.05, 0) is 134 Å². The lowest BCUT2D eigenvalue weighted by molar-refractivity contribution is -0.243. The molecule has 0 aromatic heterocycles. The quantitative estimate of drug-likeness (QED) is 0.294. The van der Waals surface area contributed by atoms with Gasteiger partial charge in [-0.3, -0.25) is 0 Å². The van der Waals surface area contributed by atoms with Crippen molar-refractivity contribution in [1.82, 2.24) is 0 Å². The molecule has 0 aromatic carbocycles. The van der Waals surface area contributed by atoms with Crippen molar-refractivity contribution in [3.8, 4) is 0 Å². The Labute approximate surface area is 207 Å². The molecule has 188 valence electrons. The van der Waals surface area contributed by atoms with Crippen molar-refractivity contribution in [3.05, 3.63) is 12.2 Å². The Morgan fingerprint density at radius 3 is 2.24 bits per heavy atom. The average molecular weight is 473 g/mol. The second-order valence-corrected chi connectivity index (χ2v) is 15.5. The third-order valence-corrected chi connectivity index (χ3v) is 14.3. The van der Waals surface area contributed by atoms with Crippen LogP contribution in [-0.2, 0) is 4.52 Å². The average Bonchev–Trinajstić information content (AvgIpc) is 3.12. The Morgan fingerprint density at radius 1 is 0.848 bits per heavy atom. The molecular weight excluding hydrogens is 419 g/mol. The van der Waals surface area contributed by atoms with Crippen LogP contribution in [0.3, 0.4) is 0 Å². The summed E-state index contributed by atoms with van der Waals surface area (Å²) in [6.45, 7) is 23.8. The van der Waals surface area contributed by atoms with Crippen molar-refractivity contribution in [2.24, 2.45) is 62.6 Å². The molecule has 0 N–H and O–H groups in total. The van der Waals surface area contributed by atoms with Crippen LogP contribution in [0.15, 0.2) is 12.2 Å². The first kappa shape index (κ1) is 24.8. The molecule has 5 aliphatic carbocycles. The molecule has 2 heteroatoms. The summed E-state index contributed by atoms with van der Waals surface area (Å²) < 4.78 is 5.87. The highest BCUT2D eigenvalue weighted by Gasteiger charge is 2.70. The Morgan fingerprint density at radius 2 is 1.58 bits per heavy atom. The molecule has 0 saturated heterocycles. The fourth-order valence-corrected chi connectivity index (χ4v) is 12.2. The molecule has 0 aliphatic heterocycles. The minimum Gasteiger partial charge on any atom is -0.365 e. The molecule has 0 aromatic rings. The minimum absolute atomic E-state index is 0.391. The van der Waals surface area contributed by atoms with Crippen molar-refractivity contribution in [2.75, 3.05) is 6.61 Å². The molecule has 5 rings (SSSR count). The van der Waals surface area contributed by atoms with Crippen LogP contribution in [0.4, 0.5) is 0 Å². The molecule has 0 bridgehead atoms. The van der Waals surface area contributed by atoms with Crippen molar-refractivity contribution in [2.45, 2.75) is 113 Å². The largest absolute Gasteiger partial charge is 0.365 e. The maximum atomic E-state index is 5.87. The third-order valence-electron chi connectivity index (χ3n) is 14.2. The van der Waals surface area contributed by atoms with Crippen LogP contribution >= 0.6 is 9.47 Å². The number of fused-ring (bicyclic) bond motifs is 7. The predicted octanol–water partition coefficient (Wildman–Crippen LogP) is 9.09. The SMILES string of the molecule is C=C(C)[C@@H]1CC[C@]2(COP)CC[C@]3(C)[C@H](CC[C@@H]4[C@@]5(C)CC[C@H](C)C(C)(C)[C@@H]5CC[C@]43C)[C@@H]12. The van der Waals surface area contributed by atoms with Gasteiger partial charge < -0.3 is 4.52 Å². The van der Waals surface area contributed by atoms with E-state index >= 15 is 0 Å². The summed E-state index contributed by atoms with van der Waals surface area (Å²) in [5.41, 5.74) is 3.79. The number of hydrogen-bond donors (Lipinski definition) is 0. The van der Waals surface area contributed by atoms with Gasteiger partial charge in [0.2, 0.25) is 0 Å². The third kappa shape index (κ3) is 3.09. The van der Waals surface area contributed by atoms with Crippen LogP contribution < -0.4 is 0 Å². The van der Waals surface area contributed by atoms with Gasteiger partial charge >= 0.3 is 0 Å². The first-order valence-electron chi connectivity index (χ1n) is 14.3. The van der Waals surface area contributed by atoms with Crippen LogP contribution in [-0.4, -0.2) is 6.61 Å². The van der Waals surface area contributed by atoms with E-state index in [1.54, 1.807) is 0 Å². The van der Waals surface area contributed by atoms with Crippen LogP contribution in [0, 0.1) is 62.6 Å². The molecule has 0 heterocycles. The van der Waals surface area contributed by atoms with Gasteiger partial charge in [-0.2, -0.15) is 0 Å². The van der Waals surface area contributed by atoms with Gasteiger partial charge in [-0.15, -0.1) is 0 Å². The van der Waals surface area contributed by atoms with Crippen molar-refractivity contribution >= 4 is 9.47 Å². The summed E-state index contributed by atoms with van der Waals surface area (Å²) in [4.78, 5) is 0. The molecule has 5 fully saturated rings. The molecule has 0 amide bonds. The van der Waals surface area contributed by atoms with Gasteiger partial charge in [0.1, 0.15) is 0 Å². The molecule has 5 saturated carbocycles. The summed E-state index contributed by atoms with van der Waals surface area (Å²) in [7, 11) is 2.58. The van der Waals surface area contributed by atoms with E-state index in [4.69, 9.17) is 4.52 Å². The lowest BCUT2D eigenvalue weighted by atomic mass is 9.32. The molecule has 1 unspecified atom stereocenters. The molecule has 5 aliphatic rings. The van der Waals surface area contributed by atoms with E-state index in [1.807, 2.05) is 0 Å². The van der Waals surface area contributed by atoms with Gasteiger partial charge in [-0.1, -0.05) is 53.7 Å². The number of allylic oxidation sites excluding steroid dienone is 1. The van der Waals surface area contributed by atoms with E-state index < -0.39 is 0 Å². The van der Waals surface area contributed by atoms with Crippen molar-refractivity contribution < 1.29 is 4.52 Å². The summed E-state index contributed by atoms with van der Waals surface area (Å²) in [6, 6.07) is 0. The summed E-state index contributed by atoms with van der Waals surface area (Å²) in [5.74, 6) is 4.98. The molecule has 11 atom stereocenters. The van der Waals surface area contributed by atoms with Gasteiger partial charge in [-0.25, -0.2) is 0 Å². The van der Waals surface area contributed by atoms with Gasteiger partial charge in [0.05, 0.1) is 6.61 Å². The second kappa shape index (κ2) is 7.81. The van der Waals surface area contributed by atoms with E-state index in [9.17, 15) is 0 Å². The monoisotopic (exact) mass is 472 g/mol.